The summed E-state index contributed by atoms with van der Waals surface area (Å²) < 4.78 is 5.79. The van der Waals surface area contributed by atoms with Gasteiger partial charge >= 0.3 is 0 Å². The Balaban J connectivity index is 2.28. The Kier molecular flexibility index (Phi) is 5.69. The Morgan fingerprint density at radius 3 is 2.67 bits per heavy atom. The molecule has 4 heteroatoms. The van der Waals surface area contributed by atoms with Crippen molar-refractivity contribution in [1.82, 2.24) is 15.5 Å². The lowest BCUT2D eigenvalue weighted by atomic mass is 10.00. The zero-order valence-corrected chi connectivity index (χ0v) is 12.9. The summed E-state index contributed by atoms with van der Waals surface area (Å²) in [5.74, 6) is 0.896. The van der Waals surface area contributed by atoms with E-state index in [2.05, 4.69) is 34.6 Å². The molecular weight excluding hydrogens is 262 g/mol. The third-order valence-electron chi connectivity index (χ3n) is 3.10. The van der Waals surface area contributed by atoms with Gasteiger partial charge in [-0.2, -0.15) is 10.2 Å². The normalized spacial score (nSPS) is 12.4. The number of ether oxygens (including phenoxy) is 1. The Morgan fingerprint density at radius 1 is 1.14 bits per heavy atom. The van der Waals surface area contributed by atoms with Crippen LogP contribution in [-0.2, 0) is 0 Å². The minimum Gasteiger partial charge on any atom is -0.491 e. The molecule has 0 fully saturated rings. The fraction of sp³-hybridized carbons (Fsp3) is 0.412. The molecule has 1 aromatic carbocycles. The van der Waals surface area contributed by atoms with Crippen LogP contribution in [0.1, 0.15) is 44.4 Å². The van der Waals surface area contributed by atoms with Crippen LogP contribution >= 0.6 is 0 Å². The monoisotopic (exact) mass is 285 g/mol. The first-order chi connectivity index (χ1) is 10.2. The van der Waals surface area contributed by atoms with Gasteiger partial charge in [0.1, 0.15) is 5.75 Å². The van der Waals surface area contributed by atoms with E-state index in [1.54, 1.807) is 6.20 Å². The van der Waals surface area contributed by atoms with Crippen molar-refractivity contribution in [3.05, 3.63) is 53.9 Å². The number of nitrogens with zero attached hydrogens (tertiary/aromatic N) is 2. The van der Waals surface area contributed by atoms with Crippen LogP contribution < -0.4 is 10.1 Å². The summed E-state index contributed by atoms with van der Waals surface area (Å²) in [4.78, 5) is 0. The molecule has 1 unspecified atom stereocenters. The fourth-order valence-electron chi connectivity index (χ4n) is 2.23. The molecular formula is C17H23N3O. The molecule has 1 atom stereocenters. The van der Waals surface area contributed by atoms with Crippen molar-refractivity contribution < 1.29 is 4.74 Å². The van der Waals surface area contributed by atoms with Crippen LogP contribution in [0, 0.1) is 0 Å². The van der Waals surface area contributed by atoms with Crippen molar-refractivity contribution in [2.45, 2.75) is 39.3 Å². The van der Waals surface area contributed by atoms with Crippen LogP contribution in [0.15, 0.2) is 42.7 Å². The molecule has 1 N–H and O–H groups in total. The summed E-state index contributed by atoms with van der Waals surface area (Å²) in [6.45, 7) is 7.17. The SMILES string of the molecule is CCCNC(c1ccnnc1)c1cccc(OC(C)C)c1. The van der Waals surface area contributed by atoms with Crippen LogP contribution in [0.2, 0.25) is 0 Å². The standard InChI is InChI=1S/C17H23N3O/c1-4-9-18-17(15-8-10-19-20-12-15)14-6-5-7-16(11-14)21-13(2)3/h5-8,10-13,17-18H,4,9H2,1-3H3. The maximum atomic E-state index is 5.79. The van der Waals surface area contributed by atoms with E-state index in [1.165, 1.54) is 5.56 Å². The first-order valence-electron chi connectivity index (χ1n) is 7.47. The lowest BCUT2D eigenvalue weighted by Gasteiger charge is -2.20. The third kappa shape index (κ3) is 4.53. The molecule has 0 bridgehead atoms. The number of hydrogen-bond donors (Lipinski definition) is 1. The van der Waals surface area contributed by atoms with Crippen LogP contribution in [0.25, 0.3) is 0 Å². The van der Waals surface area contributed by atoms with Gasteiger partial charge in [-0.3, -0.25) is 0 Å². The van der Waals surface area contributed by atoms with Gasteiger partial charge in [0.15, 0.2) is 0 Å². The third-order valence-corrected chi connectivity index (χ3v) is 3.10. The Bertz CT molecular complexity index is 543. The Morgan fingerprint density at radius 2 is 2.00 bits per heavy atom. The molecule has 112 valence electrons. The second-order valence-corrected chi connectivity index (χ2v) is 5.30. The van der Waals surface area contributed by atoms with E-state index in [-0.39, 0.29) is 12.1 Å². The number of nitrogens with one attached hydrogen (secondary N) is 1. The Hall–Kier alpha value is -1.94. The summed E-state index contributed by atoms with van der Waals surface area (Å²) >= 11 is 0. The highest BCUT2D eigenvalue weighted by Crippen LogP contribution is 2.25. The van der Waals surface area contributed by atoms with Gasteiger partial charge in [-0.1, -0.05) is 19.1 Å². The molecule has 0 aliphatic rings. The Labute approximate surface area is 126 Å². The first kappa shape index (κ1) is 15.4. The maximum Gasteiger partial charge on any atom is 0.120 e. The molecule has 0 amide bonds. The van der Waals surface area contributed by atoms with Gasteiger partial charge in [0, 0.05) is 6.20 Å². The van der Waals surface area contributed by atoms with Gasteiger partial charge < -0.3 is 10.1 Å². The van der Waals surface area contributed by atoms with Gasteiger partial charge in [-0.15, -0.1) is 0 Å². The van der Waals surface area contributed by atoms with Crippen LogP contribution in [0.5, 0.6) is 5.75 Å². The maximum absolute atomic E-state index is 5.79. The van der Waals surface area contributed by atoms with Crippen molar-refractivity contribution >= 4 is 0 Å². The highest BCUT2D eigenvalue weighted by Gasteiger charge is 2.14. The van der Waals surface area contributed by atoms with Crippen molar-refractivity contribution in [3.63, 3.8) is 0 Å². The van der Waals surface area contributed by atoms with Crippen molar-refractivity contribution in [3.8, 4) is 5.75 Å². The molecule has 21 heavy (non-hydrogen) atoms. The minimum absolute atomic E-state index is 0.108. The predicted octanol–water partition coefficient (Wildman–Crippen LogP) is 3.35. The van der Waals surface area contributed by atoms with Crippen LogP contribution in [0.3, 0.4) is 0 Å². The second-order valence-electron chi connectivity index (χ2n) is 5.30. The van der Waals surface area contributed by atoms with E-state index < -0.39 is 0 Å². The zero-order valence-electron chi connectivity index (χ0n) is 12.9. The van der Waals surface area contributed by atoms with Crippen LogP contribution in [-0.4, -0.2) is 22.8 Å². The number of hydrogen-bond acceptors (Lipinski definition) is 4. The largest absolute Gasteiger partial charge is 0.491 e. The summed E-state index contributed by atoms with van der Waals surface area (Å²) in [7, 11) is 0. The molecule has 1 aromatic heterocycles. The number of rotatable bonds is 7. The smallest absolute Gasteiger partial charge is 0.120 e. The predicted molar refractivity (Wildman–Crippen MR) is 84.4 cm³/mol. The molecule has 2 aromatic rings. The summed E-state index contributed by atoms with van der Waals surface area (Å²) in [6.07, 6.45) is 4.79. The van der Waals surface area contributed by atoms with Gasteiger partial charge in [0.05, 0.1) is 18.3 Å². The second kappa shape index (κ2) is 7.74. The topological polar surface area (TPSA) is 47.0 Å². The summed E-state index contributed by atoms with van der Waals surface area (Å²) in [5, 5.41) is 11.4. The van der Waals surface area contributed by atoms with E-state index in [9.17, 15) is 0 Å². The molecule has 0 saturated heterocycles. The van der Waals surface area contributed by atoms with E-state index in [0.717, 1.165) is 24.3 Å². The van der Waals surface area contributed by atoms with Crippen LogP contribution in [0.4, 0.5) is 0 Å². The van der Waals surface area contributed by atoms with E-state index >= 15 is 0 Å². The van der Waals surface area contributed by atoms with Gasteiger partial charge in [0.25, 0.3) is 0 Å². The van der Waals surface area contributed by atoms with Crippen molar-refractivity contribution in [2.75, 3.05) is 6.54 Å². The molecule has 0 aliphatic carbocycles. The molecule has 1 heterocycles. The molecule has 0 radical (unpaired) electrons. The number of aromatic nitrogens is 2. The lowest BCUT2D eigenvalue weighted by Crippen LogP contribution is -2.23. The zero-order chi connectivity index (χ0) is 15.1. The van der Waals surface area contributed by atoms with E-state index in [0.29, 0.717) is 0 Å². The summed E-state index contributed by atoms with van der Waals surface area (Å²) in [5.41, 5.74) is 2.29. The highest BCUT2D eigenvalue weighted by molar-refractivity contribution is 5.35. The van der Waals surface area contributed by atoms with E-state index in [1.807, 2.05) is 38.2 Å². The van der Waals surface area contributed by atoms with Gasteiger partial charge in [-0.25, -0.2) is 0 Å². The molecule has 0 aliphatic heterocycles. The highest BCUT2D eigenvalue weighted by atomic mass is 16.5. The lowest BCUT2D eigenvalue weighted by molar-refractivity contribution is 0.242. The molecule has 0 saturated carbocycles. The molecule has 4 nitrogen and oxygen atoms in total. The average molecular weight is 285 g/mol. The van der Waals surface area contributed by atoms with E-state index in [4.69, 9.17) is 4.74 Å². The summed E-state index contributed by atoms with van der Waals surface area (Å²) in [6, 6.07) is 10.3. The molecule has 0 spiro atoms. The quantitative estimate of drug-likeness (QED) is 0.847. The van der Waals surface area contributed by atoms with Gasteiger partial charge in [-0.05, 0) is 56.1 Å². The fourth-order valence-corrected chi connectivity index (χ4v) is 2.23. The number of benzene rings is 1. The van der Waals surface area contributed by atoms with Crippen molar-refractivity contribution in [2.24, 2.45) is 0 Å². The average Bonchev–Trinajstić information content (AvgIpc) is 2.48. The molecule has 2 rings (SSSR count). The minimum atomic E-state index is 0.108. The van der Waals surface area contributed by atoms with Crippen molar-refractivity contribution in [1.29, 1.82) is 0 Å². The van der Waals surface area contributed by atoms with Gasteiger partial charge in [0.2, 0.25) is 0 Å². The first-order valence-corrected chi connectivity index (χ1v) is 7.47.